The van der Waals surface area contributed by atoms with Gasteiger partial charge in [0.2, 0.25) is 0 Å². The van der Waals surface area contributed by atoms with Gasteiger partial charge in [0.25, 0.3) is 0 Å². The van der Waals surface area contributed by atoms with Gasteiger partial charge in [-0.3, -0.25) is 9.88 Å². The normalized spacial score (nSPS) is 17.3. The summed E-state index contributed by atoms with van der Waals surface area (Å²) in [5, 5.41) is 0. The van der Waals surface area contributed by atoms with Gasteiger partial charge in [-0.05, 0) is 35.7 Å². The molecule has 164 valence electrons. The SMILES string of the molecule is COc1ccccc1-c1ccccc1CN1CCOCC(Cc2nccn3cccc23)C1. The number of ether oxygens (including phenoxy) is 2. The molecule has 2 aromatic heterocycles. The Bertz CT molecular complexity index is 1190. The van der Waals surface area contributed by atoms with E-state index in [0.717, 1.165) is 56.3 Å². The van der Waals surface area contributed by atoms with Crippen molar-refractivity contribution in [2.45, 2.75) is 13.0 Å². The molecule has 0 radical (unpaired) electrons. The maximum Gasteiger partial charge on any atom is 0.126 e. The van der Waals surface area contributed by atoms with Crippen molar-refractivity contribution in [1.82, 2.24) is 14.3 Å². The molecule has 1 aliphatic heterocycles. The second kappa shape index (κ2) is 9.55. The minimum atomic E-state index is 0.407. The summed E-state index contributed by atoms with van der Waals surface area (Å²) < 4.78 is 13.8. The predicted molar refractivity (Wildman–Crippen MR) is 127 cm³/mol. The van der Waals surface area contributed by atoms with Crippen LogP contribution in [0, 0.1) is 5.92 Å². The van der Waals surface area contributed by atoms with Crippen LogP contribution in [0.2, 0.25) is 0 Å². The Morgan fingerprint density at radius 2 is 1.84 bits per heavy atom. The Balaban J connectivity index is 1.36. The summed E-state index contributed by atoms with van der Waals surface area (Å²) in [6, 6.07) is 21.1. The molecule has 2 aromatic carbocycles. The lowest BCUT2D eigenvalue weighted by Gasteiger charge is -2.25. The van der Waals surface area contributed by atoms with Gasteiger partial charge in [0.1, 0.15) is 5.75 Å². The Morgan fingerprint density at radius 1 is 1.00 bits per heavy atom. The molecule has 0 amide bonds. The average molecular weight is 428 g/mol. The summed E-state index contributed by atoms with van der Waals surface area (Å²) in [6.07, 6.45) is 6.88. The maximum atomic E-state index is 6.00. The summed E-state index contributed by atoms with van der Waals surface area (Å²) in [7, 11) is 1.73. The van der Waals surface area contributed by atoms with Crippen LogP contribution in [0.15, 0.2) is 79.3 Å². The fourth-order valence-corrected chi connectivity index (χ4v) is 4.71. The van der Waals surface area contributed by atoms with Crippen molar-refractivity contribution in [1.29, 1.82) is 0 Å². The molecule has 1 saturated heterocycles. The number of rotatable bonds is 6. The van der Waals surface area contributed by atoms with Gasteiger partial charge in [-0.1, -0.05) is 42.5 Å². The molecule has 32 heavy (non-hydrogen) atoms. The van der Waals surface area contributed by atoms with Crippen LogP contribution >= 0.6 is 0 Å². The number of hydrogen-bond acceptors (Lipinski definition) is 4. The molecule has 5 nitrogen and oxygen atoms in total. The fourth-order valence-electron chi connectivity index (χ4n) is 4.71. The molecular weight excluding hydrogens is 398 g/mol. The first-order valence-electron chi connectivity index (χ1n) is 11.2. The van der Waals surface area contributed by atoms with Crippen molar-refractivity contribution in [2.24, 2.45) is 5.92 Å². The van der Waals surface area contributed by atoms with Gasteiger partial charge in [0.05, 0.1) is 31.5 Å². The molecule has 1 aliphatic rings. The van der Waals surface area contributed by atoms with Crippen molar-refractivity contribution < 1.29 is 9.47 Å². The second-order valence-electron chi connectivity index (χ2n) is 8.41. The number of methoxy groups -OCH3 is 1. The van der Waals surface area contributed by atoms with E-state index in [1.165, 1.54) is 16.6 Å². The summed E-state index contributed by atoms with van der Waals surface area (Å²) in [6.45, 7) is 4.34. The minimum Gasteiger partial charge on any atom is -0.496 e. The first-order chi connectivity index (χ1) is 15.8. The average Bonchev–Trinajstić information content (AvgIpc) is 3.21. The number of nitrogens with zero attached hydrogens (tertiary/aromatic N) is 3. The topological polar surface area (TPSA) is 39.0 Å². The zero-order valence-electron chi connectivity index (χ0n) is 18.5. The van der Waals surface area contributed by atoms with E-state index in [1.54, 1.807) is 7.11 Å². The van der Waals surface area contributed by atoms with E-state index >= 15 is 0 Å². The van der Waals surface area contributed by atoms with Crippen LogP contribution in [0.1, 0.15) is 11.3 Å². The highest BCUT2D eigenvalue weighted by Crippen LogP contribution is 2.33. The third-order valence-electron chi connectivity index (χ3n) is 6.24. The lowest BCUT2D eigenvalue weighted by atomic mass is 9.97. The van der Waals surface area contributed by atoms with Gasteiger partial charge < -0.3 is 13.9 Å². The first-order valence-corrected chi connectivity index (χ1v) is 11.2. The van der Waals surface area contributed by atoms with Crippen molar-refractivity contribution in [3.8, 4) is 16.9 Å². The van der Waals surface area contributed by atoms with Crippen LogP contribution in [-0.2, 0) is 17.7 Å². The molecular formula is C27H29N3O2. The van der Waals surface area contributed by atoms with Crippen LogP contribution in [0.3, 0.4) is 0 Å². The number of hydrogen-bond donors (Lipinski definition) is 0. The van der Waals surface area contributed by atoms with Crippen LogP contribution in [0.5, 0.6) is 5.75 Å². The standard InChI is InChI=1S/C27H29N3O2/c1-31-27-11-5-4-9-24(27)23-8-3-2-7-22(23)19-29-15-16-32-20-21(18-29)17-25-26-10-6-13-30(26)14-12-28-25/h2-14,21H,15-20H2,1H3. The number of benzene rings is 2. The van der Waals surface area contributed by atoms with E-state index in [0.29, 0.717) is 5.92 Å². The van der Waals surface area contributed by atoms with E-state index in [-0.39, 0.29) is 0 Å². The predicted octanol–water partition coefficient (Wildman–Crippen LogP) is 4.70. The second-order valence-corrected chi connectivity index (χ2v) is 8.41. The molecule has 0 aliphatic carbocycles. The molecule has 0 bridgehead atoms. The van der Waals surface area contributed by atoms with Crippen LogP contribution < -0.4 is 4.74 Å². The molecule has 0 N–H and O–H groups in total. The summed E-state index contributed by atoms with van der Waals surface area (Å²) in [5.41, 5.74) is 6.00. The zero-order valence-corrected chi connectivity index (χ0v) is 18.5. The van der Waals surface area contributed by atoms with Crippen molar-refractivity contribution in [3.63, 3.8) is 0 Å². The molecule has 4 aromatic rings. The van der Waals surface area contributed by atoms with Crippen molar-refractivity contribution >= 4 is 5.52 Å². The quantitative estimate of drug-likeness (QED) is 0.447. The van der Waals surface area contributed by atoms with Crippen LogP contribution in [0.4, 0.5) is 0 Å². The molecule has 5 rings (SSSR count). The third kappa shape index (κ3) is 4.40. The Morgan fingerprint density at radius 3 is 2.75 bits per heavy atom. The van der Waals surface area contributed by atoms with Gasteiger partial charge >= 0.3 is 0 Å². The highest BCUT2D eigenvalue weighted by atomic mass is 16.5. The highest BCUT2D eigenvalue weighted by Gasteiger charge is 2.22. The first kappa shape index (κ1) is 20.7. The zero-order chi connectivity index (χ0) is 21.8. The summed E-state index contributed by atoms with van der Waals surface area (Å²) in [4.78, 5) is 7.19. The lowest BCUT2D eigenvalue weighted by molar-refractivity contribution is 0.121. The highest BCUT2D eigenvalue weighted by molar-refractivity contribution is 5.73. The monoisotopic (exact) mass is 427 g/mol. The van der Waals surface area contributed by atoms with Gasteiger partial charge in [-0.25, -0.2) is 0 Å². The van der Waals surface area contributed by atoms with Crippen molar-refractivity contribution in [3.05, 3.63) is 90.5 Å². The van der Waals surface area contributed by atoms with E-state index in [9.17, 15) is 0 Å². The van der Waals surface area contributed by atoms with E-state index < -0.39 is 0 Å². The van der Waals surface area contributed by atoms with E-state index in [1.807, 2.05) is 24.5 Å². The number of aromatic nitrogens is 2. The molecule has 5 heteroatoms. The van der Waals surface area contributed by atoms with Gasteiger partial charge in [0, 0.05) is 49.7 Å². The Hall–Kier alpha value is -3.15. The van der Waals surface area contributed by atoms with Crippen LogP contribution in [-0.4, -0.2) is 47.7 Å². The van der Waals surface area contributed by atoms with Gasteiger partial charge in [-0.15, -0.1) is 0 Å². The molecule has 3 heterocycles. The maximum absolute atomic E-state index is 6.00. The third-order valence-corrected chi connectivity index (χ3v) is 6.24. The minimum absolute atomic E-state index is 0.407. The smallest absolute Gasteiger partial charge is 0.126 e. The summed E-state index contributed by atoms with van der Waals surface area (Å²) in [5.74, 6) is 1.31. The molecule has 0 spiro atoms. The van der Waals surface area contributed by atoms with E-state index in [2.05, 4.69) is 69.0 Å². The lowest BCUT2D eigenvalue weighted by Crippen LogP contribution is -2.31. The number of para-hydroxylation sites is 1. The Kier molecular flexibility index (Phi) is 6.19. The largest absolute Gasteiger partial charge is 0.496 e. The fraction of sp³-hybridized carbons (Fsp3) is 0.296. The van der Waals surface area contributed by atoms with Gasteiger partial charge in [-0.2, -0.15) is 0 Å². The molecule has 1 fully saturated rings. The van der Waals surface area contributed by atoms with E-state index in [4.69, 9.17) is 9.47 Å². The summed E-state index contributed by atoms with van der Waals surface area (Å²) >= 11 is 0. The Labute approximate surface area is 189 Å². The molecule has 1 atom stereocenters. The van der Waals surface area contributed by atoms with Gasteiger partial charge in [0.15, 0.2) is 0 Å². The van der Waals surface area contributed by atoms with Crippen molar-refractivity contribution in [2.75, 3.05) is 33.4 Å². The molecule has 1 unspecified atom stereocenters. The molecule has 0 saturated carbocycles. The number of fused-ring (bicyclic) bond motifs is 1. The van der Waals surface area contributed by atoms with Crippen LogP contribution in [0.25, 0.3) is 16.6 Å².